The van der Waals surface area contributed by atoms with Crippen molar-refractivity contribution in [3.8, 4) is 0 Å². The largest absolute Gasteiger partial charge is 0.295 e. The van der Waals surface area contributed by atoms with Crippen LogP contribution in [-0.4, -0.2) is 24.3 Å². The fraction of sp³-hybridized carbons (Fsp3) is 0.278. The third-order valence-corrected chi connectivity index (χ3v) is 3.86. The van der Waals surface area contributed by atoms with E-state index in [1.54, 1.807) is 0 Å². The highest BCUT2D eigenvalue weighted by Crippen LogP contribution is 2.16. The highest BCUT2D eigenvalue weighted by atomic mass is 35.5. The second-order valence-electron chi connectivity index (χ2n) is 5.24. The molecule has 0 atom stereocenters. The number of likely N-dealkylation sites (N-methyl/N-ethyl adjacent to an activating group) is 1. The molecule has 0 fully saturated rings. The highest BCUT2D eigenvalue weighted by Gasteiger charge is 2.10. The van der Waals surface area contributed by atoms with Gasteiger partial charge in [0, 0.05) is 17.1 Å². The second kappa shape index (κ2) is 7.39. The molecule has 0 aromatic heterocycles. The Balaban J connectivity index is 1.97. The number of carbonyl (C=O) groups excluding carboxylic acids is 1. The molecule has 2 nitrogen and oxygen atoms in total. The molecule has 0 N–H and O–H groups in total. The Kier molecular flexibility index (Phi) is 5.54. The van der Waals surface area contributed by atoms with Crippen LogP contribution in [0.1, 0.15) is 28.4 Å². The summed E-state index contributed by atoms with van der Waals surface area (Å²) in [6, 6.07) is 15.6. The first-order valence-electron chi connectivity index (χ1n) is 7.14. The van der Waals surface area contributed by atoms with Gasteiger partial charge in [-0.15, -0.1) is 0 Å². The van der Waals surface area contributed by atoms with E-state index in [1.165, 1.54) is 5.56 Å². The van der Waals surface area contributed by atoms with E-state index in [1.807, 2.05) is 60.5 Å². The molecule has 0 aliphatic carbocycles. The van der Waals surface area contributed by atoms with E-state index in [0.717, 1.165) is 22.6 Å². The number of aryl methyl sites for hydroxylation is 1. The average molecular weight is 302 g/mol. The highest BCUT2D eigenvalue weighted by molar-refractivity contribution is 6.31. The van der Waals surface area contributed by atoms with Crippen LogP contribution in [0.3, 0.4) is 0 Å². The molecule has 110 valence electrons. The summed E-state index contributed by atoms with van der Waals surface area (Å²) < 4.78 is 0. The SMILES string of the molecule is CCc1ccc(C(=O)CN(C)Cc2ccccc2Cl)cc1. The van der Waals surface area contributed by atoms with Crippen molar-refractivity contribution >= 4 is 17.4 Å². The van der Waals surface area contributed by atoms with E-state index < -0.39 is 0 Å². The summed E-state index contributed by atoms with van der Waals surface area (Å²) >= 11 is 6.14. The molecule has 0 aliphatic heterocycles. The van der Waals surface area contributed by atoms with Gasteiger partial charge >= 0.3 is 0 Å². The molecule has 0 bridgehead atoms. The number of rotatable bonds is 6. The summed E-state index contributed by atoms with van der Waals surface area (Å²) in [5.74, 6) is 0.132. The number of hydrogen-bond acceptors (Lipinski definition) is 2. The number of ketones is 1. The van der Waals surface area contributed by atoms with Crippen LogP contribution in [-0.2, 0) is 13.0 Å². The number of hydrogen-bond donors (Lipinski definition) is 0. The fourth-order valence-corrected chi connectivity index (χ4v) is 2.43. The molecule has 0 amide bonds. The number of carbonyl (C=O) groups is 1. The van der Waals surface area contributed by atoms with E-state index in [-0.39, 0.29) is 5.78 Å². The van der Waals surface area contributed by atoms with Crippen LogP contribution in [0.25, 0.3) is 0 Å². The van der Waals surface area contributed by atoms with Crippen LogP contribution < -0.4 is 0 Å². The van der Waals surface area contributed by atoms with Crippen molar-refractivity contribution < 1.29 is 4.79 Å². The minimum atomic E-state index is 0.132. The second-order valence-corrected chi connectivity index (χ2v) is 5.64. The molecule has 2 aromatic carbocycles. The quantitative estimate of drug-likeness (QED) is 0.745. The Morgan fingerprint density at radius 3 is 2.38 bits per heavy atom. The molecule has 3 heteroatoms. The van der Waals surface area contributed by atoms with Crippen molar-refractivity contribution in [2.24, 2.45) is 0 Å². The van der Waals surface area contributed by atoms with Crippen molar-refractivity contribution in [3.05, 3.63) is 70.2 Å². The molecule has 2 aromatic rings. The Morgan fingerprint density at radius 1 is 1.10 bits per heavy atom. The van der Waals surface area contributed by atoms with Crippen LogP contribution in [0.4, 0.5) is 0 Å². The summed E-state index contributed by atoms with van der Waals surface area (Å²) in [6.07, 6.45) is 0.987. The molecule has 0 spiro atoms. The number of Topliss-reactive ketones (excluding diaryl/α,β-unsaturated/α-hetero) is 1. The monoisotopic (exact) mass is 301 g/mol. The van der Waals surface area contributed by atoms with Gasteiger partial charge in [-0.1, -0.05) is 61.0 Å². The number of nitrogens with zero attached hydrogens (tertiary/aromatic N) is 1. The standard InChI is InChI=1S/C18H20ClNO/c1-3-14-8-10-15(11-9-14)18(21)13-20(2)12-16-6-4-5-7-17(16)19/h4-11H,3,12-13H2,1-2H3. The zero-order valence-corrected chi connectivity index (χ0v) is 13.2. The lowest BCUT2D eigenvalue weighted by Gasteiger charge is -2.16. The molecule has 0 saturated carbocycles. The Morgan fingerprint density at radius 2 is 1.76 bits per heavy atom. The summed E-state index contributed by atoms with van der Waals surface area (Å²) in [4.78, 5) is 14.2. The van der Waals surface area contributed by atoms with Crippen LogP contribution >= 0.6 is 11.6 Å². The van der Waals surface area contributed by atoms with E-state index in [9.17, 15) is 4.79 Å². The Labute approximate surface area is 131 Å². The predicted octanol–water partition coefficient (Wildman–Crippen LogP) is 4.22. The maximum absolute atomic E-state index is 12.3. The first kappa shape index (κ1) is 15.7. The average Bonchev–Trinajstić information content (AvgIpc) is 2.49. The van der Waals surface area contributed by atoms with Crippen LogP contribution in [0.15, 0.2) is 48.5 Å². The lowest BCUT2D eigenvalue weighted by molar-refractivity contribution is 0.0943. The third-order valence-electron chi connectivity index (χ3n) is 3.50. The predicted molar refractivity (Wildman–Crippen MR) is 87.9 cm³/mol. The zero-order valence-electron chi connectivity index (χ0n) is 12.5. The maximum atomic E-state index is 12.3. The normalized spacial score (nSPS) is 10.9. The van der Waals surface area contributed by atoms with Crippen molar-refractivity contribution in [3.63, 3.8) is 0 Å². The molecule has 0 radical (unpaired) electrons. The Hall–Kier alpha value is -1.64. The summed E-state index contributed by atoms with van der Waals surface area (Å²) in [6.45, 7) is 3.16. The van der Waals surface area contributed by atoms with Crippen molar-refractivity contribution in [2.75, 3.05) is 13.6 Å². The van der Waals surface area contributed by atoms with Crippen LogP contribution in [0, 0.1) is 0 Å². The van der Waals surface area contributed by atoms with Crippen molar-refractivity contribution in [1.29, 1.82) is 0 Å². The summed E-state index contributed by atoms with van der Waals surface area (Å²) in [5.41, 5.74) is 3.05. The van der Waals surface area contributed by atoms with Crippen molar-refractivity contribution in [1.82, 2.24) is 4.90 Å². The van der Waals surface area contributed by atoms with Gasteiger partial charge in [-0.05, 0) is 30.7 Å². The smallest absolute Gasteiger partial charge is 0.176 e. The third kappa shape index (κ3) is 4.42. The molecule has 21 heavy (non-hydrogen) atoms. The van der Waals surface area contributed by atoms with Gasteiger partial charge in [0.1, 0.15) is 0 Å². The summed E-state index contributed by atoms with van der Waals surface area (Å²) in [7, 11) is 1.93. The van der Waals surface area contributed by atoms with Gasteiger partial charge < -0.3 is 0 Å². The maximum Gasteiger partial charge on any atom is 0.176 e. The van der Waals surface area contributed by atoms with E-state index in [2.05, 4.69) is 6.92 Å². The van der Waals surface area contributed by atoms with Crippen LogP contribution in [0.2, 0.25) is 5.02 Å². The molecule has 0 saturated heterocycles. The minimum absolute atomic E-state index is 0.132. The van der Waals surface area contributed by atoms with Gasteiger partial charge in [-0.2, -0.15) is 0 Å². The lowest BCUT2D eigenvalue weighted by Crippen LogP contribution is -2.25. The van der Waals surface area contributed by atoms with Gasteiger partial charge in [0.25, 0.3) is 0 Å². The minimum Gasteiger partial charge on any atom is -0.295 e. The number of halogens is 1. The Bertz CT molecular complexity index is 607. The fourth-order valence-electron chi connectivity index (χ4n) is 2.24. The zero-order chi connectivity index (χ0) is 15.2. The van der Waals surface area contributed by atoms with Gasteiger partial charge in [0.2, 0.25) is 0 Å². The van der Waals surface area contributed by atoms with Crippen LogP contribution in [0.5, 0.6) is 0 Å². The van der Waals surface area contributed by atoms with E-state index >= 15 is 0 Å². The molecule has 0 unspecified atom stereocenters. The molecule has 0 aliphatic rings. The van der Waals surface area contributed by atoms with Gasteiger partial charge in [0.05, 0.1) is 6.54 Å². The van der Waals surface area contributed by atoms with E-state index in [4.69, 9.17) is 11.6 Å². The first-order valence-corrected chi connectivity index (χ1v) is 7.52. The number of benzene rings is 2. The lowest BCUT2D eigenvalue weighted by atomic mass is 10.1. The van der Waals surface area contributed by atoms with Gasteiger partial charge in [-0.3, -0.25) is 9.69 Å². The summed E-state index contributed by atoms with van der Waals surface area (Å²) in [5, 5.41) is 0.740. The van der Waals surface area contributed by atoms with Gasteiger partial charge in [-0.25, -0.2) is 0 Å². The topological polar surface area (TPSA) is 20.3 Å². The van der Waals surface area contributed by atoms with Gasteiger partial charge in [0.15, 0.2) is 5.78 Å². The molecule has 2 rings (SSSR count). The molecule has 0 heterocycles. The first-order chi connectivity index (χ1) is 10.1. The molecular weight excluding hydrogens is 282 g/mol. The molecular formula is C18H20ClNO. The van der Waals surface area contributed by atoms with Crippen molar-refractivity contribution in [2.45, 2.75) is 19.9 Å². The van der Waals surface area contributed by atoms with E-state index in [0.29, 0.717) is 13.1 Å².